The minimum absolute atomic E-state index is 0.0877. The Morgan fingerprint density at radius 3 is 2.74 bits per heavy atom. The first-order chi connectivity index (χ1) is 13.0. The highest BCUT2D eigenvalue weighted by atomic mass is 35.5. The largest absolute Gasteiger partial charge is 0.462 e. The number of anilines is 2. The van der Waals surface area contributed by atoms with Crippen molar-refractivity contribution in [1.82, 2.24) is 19.7 Å². The van der Waals surface area contributed by atoms with E-state index in [0.717, 1.165) is 6.33 Å². The van der Waals surface area contributed by atoms with Crippen LogP contribution in [0.5, 0.6) is 0 Å². The van der Waals surface area contributed by atoms with Gasteiger partial charge in [-0.05, 0) is 19.1 Å². The predicted octanol–water partition coefficient (Wildman–Crippen LogP) is 3.14. The summed E-state index contributed by atoms with van der Waals surface area (Å²) in [6, 6.07) is 8.91. The Morgan fingerprint density at radius 1 is 1.33 bits per heavy atom. The van der Waals surface area contributed by atoms with Crippen molar-refractivity contribution in [3.05, 3.63) is 63.7 Å². The van der Waals surface area contributed by atoms with Gasteiger partial charge in [-0.2, -0.15) is 5.10 Å². The minimum atomic E-state index is -0.710. The molecule has 10 nitrogen and oxygen atoms in total. The molecule has 0 aliphatic heterocycles. The number of nitro groups is 1. The fraction of sp³-hybridized carbons (Fsp3) is 0.125. The highest BCUT2D eigenvalue weighted by molar-refractivity contribution is 6.31. The predicted molar refractivity (Wildman–Crippen MR) is 96.5 cm³/mol. The van der Waals surface area contributed by atoms with Gasteiger partial charge in [0.2, 0.25) is 11.0 Å². The second-order valence-electron chi connectivity index (χ2n) is 5.12. The maximum Gasteiger partial charge on any atom is 0.348 e. The average Bonchev–Trinajstić information content (AvgIpc) is 3.06. The fourth-order valence-corrected chi connectivity index (χ4v) is 2.52. The fourth-order valence-electron chi connectivity index (χ4n) is 2.31. The molecule has 27 heavy (non-hydrogen) atoms. The maximum absolute atomic E-state index is 12.3. The van der Waals surface area contributed by atoms with Crippen LogP contribution >= 0.6 is 11.6 Å². The highest BCUT2D eigenvalue weighted by Gasteiger charge is 2.26. The number of nitrogens with one attached hydrogen (secondary N) is 1. The van der Waals surface area contributed by atoms with Gasteiger partial charge in [-0.25, -0.2) is 19.4 Å². The van der Waals surface area contributed by atoms with Crippen LogP contribution in [0.3, 0.4) is 0 Å². The van der Waals surface area contributed by atoms with Crippen LogP contribution in [0, 0.1) is 10.1 Å². The van der Waals surface area contributed by atoms with E-state index in [1.165, 1.54) is 10.9 Å². The number of rotatable bonds is 6. The van der Waals surface area contributed by atoms with Gasteiger partial charge in [-0.1, -0.05) is 29.8 Å². The molecule has 0 amide bonds. The summed E-state index contributed by atoms with van der Waals surface area (Å²) in [5, 5.41) is 18.0. The van der Waals surface area contributed by atoms with E-state index in [9.17, 15) is 14.9 Å². The Labute approximate surface area is 157 Å². The molecule has 3 rings (SSSR count). The molecular formula is C16H13ClN6O4. The zero-order valence-corrected chi connectivity index (χ0v) is 14.8. The van der Waals surface area contributed by atoms with Crippen molar-refractivity contribution in [2.24, 2.45) is 0 Å². The molecule has 0 aliphatic rings. The van der Waals surface area contributed by atoms with E-state index >= 15 is 0 Å². The van der Waals surface area contributed by atoms with Crippen LogP contribution in [-0.2, 0) is 4.74 Å². The van der Waals surface area contributed by atoms with E-state index < -0.39 is 16.6 Å². The zero-order valence-electron chi connectivity index (χ0n) is 14.0. The Hall–Kier alpha value is -3.53. The lowest BCUT2D eigenvalue weighted by molar-refractivity contribution is -0.384. The van der Waals surface area contributed by atoms with E-state index in [2.05, 4.69) is 20.4 Å². The quantitative estimate of drug-likeness (QED) is 0.295. The zero-order chi connectivity index (χ0) is 19.4. The molecule has 2 heterocycles. The third kappa shape index (κ3) is 3.70. The number of ether oxygens (including phenoxy) is 1. The first kappa shape index (κ1) is 18.3. The van der Waals surface area contributed by atoms with Gasteiger partial charge in [0, 0.05) is 0 Å². The Bertz CT molecular complexity index is 992. The van der Waals surface area contributed by atoms with Gasteiger partial charge in [0.05, 0.1) is 23.4 Å². The SMILES string of the molecule is CCOC(=O)c1cnn(-c2ccccc2)c1Nc1ncnc(Cl)c1[N+](=O)[O-]. The lowest BCUT2D eigenvalue weighted by Crippen LogP contribution is -2.11. The molecule has 2 aromatic heterocycles. The van der Waals surface area contributed by atoms with Gasteiger partial charge in [-0.3, -0.25) is 10.1 Å². The summed E-state index contributed by atoms with van der Waals surface area (Å²) < 4.78 is 6.44. The molecular weight excluding hydrogens is 376 g/mol. The van der Waals surface area contributed by atoms with E-state index in [0.29, 0.717) is 5.69 Å². The molecule has 11 heteroatoms. The van der Waals surface area contributed by atoms with E-state index in [4.69, 9.17) is 16.3 Å². The molecule has 0 bridgehead atoms. The summed E-state index contributed by atoms with van der Waals surface area (Å²) in [5.74, 6) is -0.661. The second kappa shape index (κ2) is 7.79. The van der Waals surface area contributed by atoms with Crippen LogP contribution in [0.15, 0.2) is 42.9 Å². The Kier molecular flexibility index (Phi) is 5.27. The van der Waals surface area contributed by atoms with Crippen LogP contribution < -0.4 is 5.32 Å². The number of nitrogens with zero attached hydrogens (tertiary/aromatic N) is 5. The first-order valence-corrected chi connectivity index (χ1v) is 8.13. The summed E-state index contributed by atoms with van der Waals surface area (Å²) in [7, 11) is 0. The molecule has 0 unspecified atom stereocenters. The van der Waals surface area contributed by atoms with E-state index in [1.54, 1.807) is 31.2 Å². The molecule has 0 fully saturated rings. The monoisotopic (exact) mass is 388 g/mol. The summed E-state index contributed by atoms with van der Waals surface area (Å²) in [6.07, 6.45) is 2.38. The molecule has 0 spiro atoms. The van der Waals surface area contributed by atoms with Crippen LogP contribution in [0.2, 0.25) is 5.15 Å². The topological polar surface area (TPSA) is 125 Å². The molecule has 1 N–H and O–H groups in total. The second-order valence-corrected chi connectivity index (χ2v) is 5.48. The lowest BCUT2D eigenvalue weighted by atomic mass is 10.3. The van der Waals surface area contributed by atoms with Gasteiger partial charge < -0.3 is 10.1 Å². The number of halogens is 1. The smallest absolute Gasteiger partial charge is 0.348 e. The van der Waals surface area contributed by atoms with Crippen molar-refractivity contribution in [2.75, 3.05) is 11.9 Å². The third-order valence-corrected chi connectivity index (χ3v) is 3.74. The standard InChI is InChI=1S/C16H13ClN6O4/c1-2-27-16(24)11-8-20-22(10-6-4-3-5-7-10)15(11)21-14-12(23(25)26)13(17)18-9-19-14/h3-9H,2H2,1H3,(H,18,19,21). The molecule has 1 aromatic carbocycles. The number of aromatic nitrogens is 4. The van der Waals surface area contributed by atoms with Gasteiger partial charge in [0.1, 0.15) is 17.7 Å². The van der Waals surface area contributed by atoms with Crippen molar-refractivity contribution >= 4 is 34.9 Å². The summed E-state index contributed by atoms with van der Waals surface area (Å²) >= 11 is 5.83. The Morgan fingerprint density at radius 2 is 2.07 bits per heavy atom. The summed E-state index contributed by atoms with van der Waals surface area (Å²) in [5.41, 5.74) is 0.192. The number of hydrogen-bond acceptors (Lipinski definition) is 8. The summed E-state index contributed by atoms with van der Waals surface area (Å²) in [6.45, 7) is 1.83. The Balaban J connectivity index is 2.14. The van der Waals surface area contributed by atoms with E-state index in [-0.39, 0.29) is 29.0 Å². The van der Waals surface area contributed by atoms with Crippen molar-refractivity contribution in [2.45, 2.75) is 6.92 Å². The number of carbonyl (C=O) groups is 1. The van der Waals surface area contributed by atoms with Crippen LogP contribution in [0.1, 0.15) is 17.3 Å². The number of carbonyl (C=O) groups excluding carboxylic acids is 1. The number of hydrogen-bond donors (Lipinski definition) is 1. The molecule has 3 aromatic rings. The maximum atomic E-state index is 12.3. The van der Waals surface area contributed by atoms with Crippen molar-refractivity contribution in [3.8, 4) is 5.69 Å². The van der Waals surface area contributed by atoms with E-state index in [1.807, 2.05) is 6.07 Å². The van der Waals surface area contributed by atoms with Gasteiger partial charge in [0.25, 0.3) is 0 Å². The number of para-hydroxylation sites is 1. The molecule has 138 valence electrons. The molecule has 0 atom stereocenters. The molecule has 0 saturated carbocycles. The van der Waals surface area contributed by atoms with Crippen LogP contribution in [-0.4, -0.2) is 37.2 Å². The molecule has 0 radical (unpaired) electrons. The molecule has 0 aliphatic carbocycles. The first-order valence-electron chi connectivity index (χ1n) is 7.75. The third-order valence-electron chi connectivity index (χ3n) is 3.46. The van der Waals surface area contributed by atoms with Gasteiger partial charge in [-0.15, -0.1) is 0 Å². The average molecular weight is 389 g/mol. The number of esters is 1. The van der Waals surface area contributed by atoms with Crippen molar-refractivity contribution in [1.29, 1.82) is 0 Å². The summed E-state index contributed by atoms with van der Waals surface area (Å²) in [4.78, 5) is 30.4. The van der Waals surface area contributed by atoms with Crippen molar-refractivity contribution in [3.63, 3.8) is 0 Å². The normalized spacial score (nSPS) is 10.4. The highest BCUT2D eigenvalue weighted by Crippen LogP contribution is 2.32. The van der Waals surface area contributed by atoms with Crippen molar-refractivity contribution < 1.29 is 14.5 Å². The van der Waals surface area contributed by atoms with Gasteiger partial charge >= 0.3 is 11.7 Å². The minimum Gasteiger partial charge on any atom is -0.462 e. The van der Waals surface area contributed by atoms with Crippen LogP contribution in [0.4, 0.5) is 17.3 Å². The van der Waals surface area contributed by atoms with Crippen LogP contribution in [0.25, 0.3) is 5.69 Å². The van der Waals surface area contributed by atoms with Gasteiger partial charge in [0.15, 0.2) is 0 Å². The number of benzene rings is 1. The lowest BCUT2D eigenvalue weighted by Gasteiger charge is -2.11. The molecule has 0 saturated heterocycles.